The molecule has 1 aliphatic rings. The maximum Gasteiger partial charge on any atom is 0.264 e. The Morgan fingerprint density at radius 3 is 2.77 bits per heavy atom. The zero-order valence-electron chi connectivity index (χ0n) is 17.2. The van der Waals surface area contributed by atoms with Crippen LogP contribution in [0.25, 0.3) is 0 Å². The molecule has 1 atom stereocenters. The van der Waals surface area contributed by atoms with Gasteiger partial charge >= 0.3 is 0 Å². The van der Waals surface area contributed by atoms with Crippen LogP contribution in [0.3, 0.4) is 0 Å². The number of benzene rings is 1. The van der Waals surface area contributed by atoms with E-state index in [4.69, 9.17) is 9.47 Å². The molecule has 1 aliphatic heterocycles. The number of methoxy groups -OCH3 is 1. The first-order chi connectivity index (χ1) is 14.5. The number of hydrogen-bond acceptors (Lipinski definition) is 7. The summed E-state index contributed by atoms with van der Waals surface area (Å²) in [4.78, 5) is 26.2. The molecule has 1 fully saturated rings. The molecule has 0 radical (unpaired) electrons. The minimum absolute atomic E-state index is 0.0740. The second kappa shape index (κ2) is 8.71. The molecule has 0 bridgehead atoms. The summed E-state index contributed by atoms with van der Waals surface area (Å²) >= 11 is 1.48. The summed E-state index contributed by atoms with van der Waals surface area (Å²) in [6.45, 7) is 6.10. The van der Waals surface area contributed by atoms with E-state index in [-0.39, 0.29) is 11.9 Å². The fourth-order valence-electron chi connectivity index (χ4n) is 3.54. The van der Waals surface area contributed by atoms with E-state index in [1.165, 1.54) is 17.7 Å². The van der Waals surface area contributed by atoms with Crippen molar-refractivity contribution in [3.63, 3.8) is 0 Å². The summed E-state index contributed by atoms with van der Waals surface area (Å²) in [6.07, 6.45) is 1.50. The van der Waals surface area contributed by atoms with Gasteiger partial charge in [-0.2, -0.15) is 0 Å². The van der Waals surface area contributed by atoms with Gasteiger partial charge < -0.3 is 19.3 Å². The number of rotatable bonds is 5. The first-order valence-corrected chi connectivity index (χ1v) is 10.7. The fraction of sp³-hybridized carbons (Fsp3) is 0.318. The lowest BCUT2D eigenvalue weighted by atomic mass is 10.2. The van der Waals surface area contributed by atoms with E-state index in [0.29, 0.717) is 37.0 Å². The van der Waals surface area contributed by atoms with Crippen LogP contribution >= 0.6 is 11.3 Å². The van der Waals surface area contributed by atoms with Gasteiger partial charge in [-0.1, -0.05) is 12.1 Å². The van der Waals surface area contributed by atoms with Crippen molar-refractivity contribution in [2.75, 3.05) is 31.6 Å². The number of aromatic nitrogens is 2. The molecule has 156 valence electrons. The van der Waals surface area contributed by atoms with Crippen molar-refractivity contribution in [3.05, 3.63) is 58.5 Å². The topological polar surface area (TPSA) is 67.8 Å². The van der Waals surface area contributed by atoms with Crippen molar-refractivity contribution in [3.8, 4) is 17.4 Å². The highest BCUT2D eigenvalue weighted by Gasteiger charge is 2.29. The highest BCUT2D eigenvalue weighted by molar-refractivity contribution is 7.12. The van der Waals surface area contributed by atoms with Gasteiger partial charge in [-0.25, -0.2) is 9.97 Å². The van der Waals surface area contributed by atoms with Crippen LogP contribution in [0, 0.1) is 6.92 Å². The molecule has 4 rings (SSSR count). The Balaban J connectivity index is 1.46. The van der Waals surface area contributed by atoms with Crippen molar-refractivity contribution in [1.82, 2.24) is 14.9 Å². The minimum Gasteiger partial charge on any atom is -0.493 e. The summed E-state index contributed by atoms with van der Waals surface area (Å²) in [5.41, 5.74) is 1.09. The fourth-order valence-corrected chi connectivity index (χ4v) is 4.22. The summed E-state index contributed by atoms with van der Waals surface area (Å²) in [7, 11) is 1.62. The molecule has 3 heterocycles. The maximum atomic E-state index is 12.7. The van der Waals surface area contributed by atoms with Crippen LogP contribution in [0.1, 0.15) is 22.2 Å². The summed E-state index contributed by atoms with van der Waals surface area (Å²) in [5, 5.41) is 1.93. The Morgan fingerprint density at radius 1 is 1.17 bits per heavy atom. The first kappa shape index (κ1) is 20.2. The van der Waals surface area contributed by atoms with Gasteiger partial charge in [0.25, 0.3) is 5.91 Å². The van der Waals surface area contributed by atoms with Gasteiger partial charge in [0.15, 0.2) is 11.5 Å². The molecule has 2 aromatic heterocycles. The lowest BCUT2D eigenvalue weighted by Crippen LogP contribution is -2.54. The third-order valence-corrected chi connectivity index (χ3v) is 5.96. The van der Waals surface area contributed by atoms with Crippen LogP contribution < -0.4 is 14.4 Å². The molecule has 3 aromatic rings. The van der Waals surface area contributed by atoms with E-state index in [1.807, 2.05) is 53.6 Å². The van der Waals surface area contributed by atoms with Gasteiger partial charge in [0, 0.05) is 31.7 Å². The number of thiophene rings is 1. The standard InChI is InChI=1S/C22H24N4O3S/c1-15-6-7-17(18(11-15)28-3)29-21-12-20(23-14-24-21)25-8-9-26(16(2)13-25)22(27)19-5-4-10-30-19/h4-7,10-12,14,16H,8-9,13H2,1-3H3/t16-/m1/s1. The predicted octanol–water partition coefficient (Wildman–Crippen LogP) is 4.00. The van der Waals surface area contributed by atoms with Crippen molar-refractivity contribution >= 4 is 23.1 Å². The quantitative estimate of drug-likeness (QED) is 0.617. The highest BCUT2D eigenvalue weighted by Crippen LogP contribution is 2.32. The Kier molecular flexibility index (Phi) is 5.85. The van der Waals surface area contributed by atoms with Gasteiger partial charge in [-0.05, 0) is 43.0 Å². The first-order valence-electron chi connectivity index (χ1n) is 9.79. The molecular formula is C22H24N4O3S. The SMILES string of the molecule is COc1cc(C)ccc1Oc1cc(N2CCN(C(=O)c3cccs3)[C@H](C)C2)ncn1. The summed E-state index contributed by atoms with van der Waals surface area (Å²) < 4.78 is 11.4. The molecule has 1 amide bonds. The molecule has 0 aliphatic carbocycles. The number of aryl methyl sites for hydroxylation is 1. The van der Waals surface area contributed by atoms with Crippen molar-refractivity contribution in [1.29, 1.82) is 0 Å². The van der Waals surface area contributed by atoms with E-state index in [0.717, 1.165) is 16.3 Å². The molecule has 8 heteroatoms. The van der Waals surface area contributed by atoms with Crippen LogP contribution in [0.15, 0.2) is 48.1 Å². The van der Waals surface area contributed by atoms with E-state index >= 15 is 0 Å². The zero-order chi connectivity index (χ0) is 21.1. The largest absolute Gasteiger partial charge is 0.493 e. The van der Waals surface area contributed by atoms with Crippen LogP contribution in [0.2, 0.25) is 0 Å². The normalized spacial score (nSPS) is 16.4. The molecular weight excluding hydrogens is 400 g/mol. The third-order valence-electron chi connectivity index (χ3n) is 5.11. The molecule has 30 heavy (non-hydrogen) atoms. The lowest BCUT2D eigenvalue weighted by Gasteiger charge is -2.40. The van der Waals surface area contributed by atoms with Gasteiger partial charge in [-0.3, -0.25) is 4.79 Å². The number of ether oxygens (including phenoxy) is 2. The molecule has 0 saturated carbocycles. The monoisotopic (exact) mass is 424 g/mol. The summed E-state index contributed by atoms with van der Waals surface area (Å²) in [6, 6.07) is 11.4. The molecule has 1 saturated heterocycles. The molecule has 1 aromatic carbocycles. The number of piperazine rings is 1. The Bertz CT molecular complexity index is 1020. The average Bonchev–Trinajstić information content (AvgIpc) is 3.29. The molecule has 7 nitrogen and oxygen atoms in total. The van der Waals surface area contributed by atoms with E-state index in [1.54, 1.807) is 7.11 Å². The van der Waals surface area contributed by atoms with Crippen LogP contribution in [0.5, 0.6) is 17.4 Å². The number of carbonyl (C=O) groups is 1. The Morgan fingerprint density at radius 2 is 2.03 bits per heavy atom. The van der Waals surface area contributed by atoms with E-state index in [2.05, 4.69) is 21.8 Å². The third kappa shape index (κ3) is 4.23. The summed E-state index contributed by atoms with van der Waals surface area (Å²) in [5.74, 6) is 2.58. The number of amides is 1. The number of anilines is 1. The van der Waals surface area contributed by atoms with Gasteiger partial charge in [0.05, 0.1) is 12.0 Å². The Labute approximate surface area is 179 Å². The molecule has 0 unspecified atom stereocenters. The van der Waals surface area contributed by atoms with Crippen LogP contribution in [-0.2, 0) is 0 Å². The highest BCUT2D eigenvalue weighted by atomic mass is 32.1. The maximum absolute atomic E-state index is 12.7. The van der Waals surface area contributed by atoms with E-state index in [9.17, 15) is 4.79 Å². The van der Waals surface area contributed by atoms with Crippen LogP contribution in [0.4, 0.5) is 5.82 Å². The Hall–Kier alpha value is -3.13. The van der Waals surface area contributed by atoms with Crippen molar-refractivity contribution in [2.24, 2.45) is 0 Å². The molecule has 0 N–H and O–H groups in total. The molecule has 0 spiro atoms. The van der Waals surface area contributed by atoms with Crippen molar-refractivity contribution < 1.29 is 14.3 Å². The zero-order valence-corrected chi connectivity index (χ0v) is 18.1. The number of carbonyl (C=O) groups excluding carboxylic acids is 1. The predicted molar refractivity (Wildman–Crippen MR) is 117 cm³/mol. The number of hydrogen-bond donors (Lipinski definition) is 0. The van der Waals surface area contributed by atoms with Crippen LogP contribution in [-0.4, -0.2) is 53.6 Å². The van der Waals surface area contributed by atoms with Gasteiger partial charge in [0.2, 0.25) is 5.88 Å². The van der Waals surface area contributed by atoms with E-state index < -0.39 is 0 Å². The average molecular weight is 425 g/mol. The number of nitrogens with zero attached hydrogens (tertiary/aromatic N) is 4. The second-order valence-electron chi connectivity index (χ2n) is 7.24. The van der Waals surface area contributed by atoms with Gasteiger partial charge in [0.1, 0.15) is 12.1 Å². The second-order valence-corrected chi connectivity index (χ2v) is 8.19. The van der Waals surface area contributed by atoms with Gasteiger partial charge in [-0.15, -0.1) is 11.3 Å². The smallest absolute Gasteiger partial charge is 0.264 e. The van der Waals surface area contributed by atoms with Crippen molar-refractivity contribution in [2.45, 2.75) is 19.9 Å². The minimum atomic E-state index is 0.0740. The lowest BCUT2D eigenvalue weighted by molar-refractivity contribution is 0.0678.